The van der Waals surface area contributed by atoms with Gasteiger partial charge in [-0.2, -0.15) is 0 Å². The maximum atomic E-state index is 5.80. The lowest BCUT2D eigenvalue weighted by Crippen LogP contribution is -2.17. The van der Waals surface area contributed by atoms with Gasteiger partial charge in [0.1, 0.15) is 12.4 Å². The first-order valence-corrected chi connectivity index (χ1v) is 6.25. The Morgan fingerprint density at radius 3 is 2.44 bits per heavy atom. The first-order chi connectivity index (χ1) is 8.74. The lowest BCUT2D eigenvalue weighted by Gasteiger charge is -2.09. The van der Waals surface area contributed by atoms with E-state index in [9.17, 15) is 0 Å². The molecule has 2 nitrogen and oxygen atoms in total. The molecule has 0 aliphatic carbocycles. The predicted molar refractivity (Wildman–Crippen MR) is 74.6 cm³/mol. The minimum Gasteiger partial charge on any atom is -0.489 e. The highest BCUT2D eigenvalue weighted by Gasteiger charge is 2.00. The highest BCUT2D eigenvalue weighted by atomic mass is 16.5. The van der Waals surface area contributed by atoms with Gasteiger partial charge >= 0.3 is 0 Å². The Balaban J connectivity index is 1.97. The first kappa shape index (κ1) is 12.7. The molecule has 0 aromatic heterocycles. The lowest BCUT2D eigenvalue weighted by atomic mass is 10.1. The third-order valence-electron chi connectivity index (χ3n) is 2.70. The second-order valence-electron chi connectivity index (χ2n) is 4.60. The molecular weight excluding hydrogens is 222 g/mol. The number of nitrogens with two attached hydrogens (primary N) is 1. The highest BCUT2D eigenvalue weighted by Crippen LogP contribution is 2.16. The molecule has 2 N–H and O–H groups in total. The minimum atomic E-state index is 0.175. The van der Waals surface area contributed by atoms with Gasteiger partial charge in [-0.15, -0.1) is 0 Å². The van der Waals surface area contributed by atoms with Crippen LogP contribution in [-0.4, -0.2) is 6.04 Å². The van der Waals surface area contributed by atoms with Gasteiger partial charge in [0.2, 0.25) is 0 Å². The van der Waals surface area contributed by atoms with E-state index in [1.54, 1.807) is 0 Å². The number of ether oxygens (including phenoxy) is 1. The van der Waals surface area contributed by atoms with Crippen molar-refractivity contribution in [2.24, 2.45) is 5.73 Å². The van der Waals surface area contributed by atoms with E-state index in [2.05, 4.69) is 24.3 Å². The van der Waals surface area contributed by atoms with Gasteiger partial charge in [-0.3, -0.25) is 0 Å². The summed E-state index contributed by atoms with van der Waals surface area (Å²) in [4.78, 5) is 0. The average Bonchev–Trinajstić information content (AvgIpc) is 2.37. The summed E-state index contributed by atoms with van der Waals surface area (Å²) in [6, 6.07) is 18.5. The Morgan fingerprint density at radius 2 is 1.72 bits per heavy atom. The van der Waals surface area contributed by atoms with Gasteiger partial charge in [0.05, 0.1) is 0 Å². The molecule has 18 heavy (non-hydrogen) atoms. The Hall–Kier alpha value is -1.80. The molecule has 2 aromatic rings. The summed E-state index contributed by atoms with van der Waals surface area (Å²) < 4.78 is 5.77. The molecule has 2 rings (SSSR count). The van der Waals surface area contributed by atoms with Crippen LogP contribution in [0.4, 0.5) is 0 Å². The first-order valence-electron chi connectivity index (χ1n) is 6.25. The van der Waals surface area contributed by atoms with Gasteiger partial charge in [-0.25, -0.2) is 0 Å². The molecule has 0 fully saturated rings. The van der Waals surface area contributed by atoms with E-state index < -0.39 is 0 Å². The van der Waals surface area contributed by atoms with Gasteiger partial charge in [0.25, 0.3) is 0 Å². The third kappa shape index (κ3) is 3.90. The molecule has 0 saturated heterocycles. The van der Waals surface area contributed by atoms with Crippen molar-refractivity contribution in [3.05, 3.63) is 65.7 Å². The Labute approximate surface area is 108 Å². The van der Waals surface area contributed by atoms with Crippen molar-refractivity contribution < 1.29 is 4.74 Å². The molecule has 2 heteroatoms. The second kappa shape index (κ2) is 6.22. The van der Waals surface area contributed by atoms with Crippen molar-refractivity contribution in [3.8, 4) is 5.75 Å². The van der Waals surface area contributed by atoms with Crippen LogP contribution in [-0.2, 0) is 13.0 Å². The van der Waals surface area contributed by atoms with Crippen molar-refractivity contribution >= 4 is 0 Å². The van der Waals surface area contributed by atoms with Crippen molar-refractivity contribution in [2.45, 2.75) is 26.0 Å². The van der Waals surface area contributed by atoms with Crippen LogP contribution < -0.4 is 10.5 Å². The minimum absolute atomic E-state index is 0.175. The summed E-state index contributed by atoms with van der Waals surface area (Å²) in [6.45, 7) is 2.61. The van der Waals surface area contributed by atoms with E-state index in [0.29, 0.717) is 6.61 Å². The average molecular weight is 241 g/mol. The number of benzene rings is 2. The maximum absolute atomic E-state index is 5.80. The fourth-order valence-corrected chi connectivity index (χ4v) is 1.87. The third-order valence-corrected chi connectivity index (χ3v) is 2.70. The van der Waals surface area contributed by atoms with Gasteiger partial charge in [-0.1, -0.05) is 42.5 Å². The SMILES string of the molecule is CC(N)Cc1cccc(OCc2ccccc2)c1. The van der Waals surface area contributed by atoms with Crippen molar-refractivity contribution in [2.75, 3.05) is 0 Å². The molecule has 2 aromatic carbocycles. The normalized spacial score (nSPS) is 12.1. The Kier molecular flexibility index (Phi) is 4.37. The summed E-state index contributed by atoms with van der Waals surface area (Å²) in [6.07, 6.45) is 0.878. The van der Waals surface area contributed by atoms with E-state index in [1.165, 1.54) is 11.1 Å². The number of hydrogen-bond donors (Lipinski definition) is 1. The molecule has 0 radical (unpaired) electrons. The molecule has 94 valence electrons. The Morgan fingerprint density at radius 1 is 1.00 bits per heavy atom. The van der Waals surface area contributed by atoms with E-state index in [1.807, 2.05) is 37.3 Å². The summed E-state index contributed by atoms with van der Waals surface area (Å²) in [5, 5.41) is 0. The Bertz CT molecular complexity index is 479. The summed E-state index contributed by atoms with van der Waals surface area (Å²) in [7, 11) is 0. The fourth-order valence-electron chi connectivity index (χ4n) is 1.87. The zero-order valence-corrected chi connectivity index (χ0v) is 10.7. The summed E-state index contributed by atoms with van der Waals surface area (Å²) >= 11 is 0. The lowest BCUT2D eigenvalue weighted by molar-refractivity contribution is 0.306. The van der Waals surface area contributed by atoms with Crippen LogP contribution in [0.2, 0.25) is 0 Å². The number of rotatable bonds is 5. The number of hydrogen-bond acceptors (Lipinski definition) is 2. The topological polar surface area (TPSA) is 35.2 Å². The van der Waals surface area contributed by atoms with Crippen molar-refractivity contribution in [3.63, 3.8) is 0 Å². The zero-order valence-electron chi connectivity index (χ0n) is 10.7. The van der Waals surface area contributed by atoms with Crippen LogP contribution in [0.15, 0.2) is 54.6 Å². The highest BCUT2D eigenvalue weighted by molar-refractivity contribution is 5.29. The largest absolute Gasteiger partial charge is 0.489 e. The fraction of sp³-hybridized carbons (Fsp3) is 0.250. The maximum Gasteiger partial charge on any atom is 0.120 e. The molecule has 0 spiro atoms. The molecule has 0 aliphatic heterocycles. The zero-order chi connectivity index (χ0) is 12.8. The molecule has 0 saturated carbocycles. The van der Waals surface area contributed by atoms with E-state index >= 15 is 0 Å². The van der Waals surface area contributed by atoms with E-state index in [0.717, 1.165) is 12.2 Å². The van der Waals surface area contributed by atoms with Gasteiger partial charge in [0, 0.05) is 6.04 Å². The van der Waals surface area contributed by atoms with Crippen molar-refractivity contribution in [1.29, 1.82) is 0 Å². The van der Waals surface area contributed by atoms with E-state index in [4.69, 9.17) is 10.5 Å². The van der Waals surface area contributed by atoms with Crippen LogP contribution in [0.1, 0.15) is 18.1 Å². The smallest absolute Gasteiger partial charge is 0.120 e. The molecule has 0 heterocycles. The van der Waals surface area contributed by atoms with Crippen LogP contribution in [0.5, 0.6) is 5.75 Å². The van der Waals surface area contributed by atoms with Crippen LogP contribution >= 0.6 is 0 Å². The summed E-state index contributed by atoms with van der Waals surface area (Å²) in [5.74, 6) is 0.900. The monoisotopic (exact) mass is 241 g/mol. The van der Waals surface area contributed by atoms with Gasteiger partial charge in [-0.05, 0) is 36.6 Å². The second-order valence-corrected chi connectivity index (χ2v) is 4.60. The molecule has 0 bridgehead atoms. The molecule has 1 unspecified atom stereocenters. The molecule has 0 aliphatic rings. The molecular formula is C16H19NO. The van der Waals surface area contributed by atoms with Gasteiger partial charge in [0.15, 0.2) is 0 Å². The van der Waals surface area contributed by atoms with Crippen molar-refractivity contribution in [1.82, 2.24) is 0 Å². The van der Waals surface area contributed by atoms with Crippen LogP contribution in [0.3, 0.4) is 0 Å². The van der Waals surface area contributed by atoms with Crippen LogP contribution in [0.25, 0.3) is 0 Å². The quantitative estimate of drug-likeness (QED) is 0.872. The predicted octanol–water partition coefficient (Wildman–Crippen LogP) is 3.16. The van der Waals surface area contributed by atoms with E-state index in [-0.39, 0.29) is 6.04 Å². The van der Waals surface area contributed by atoms with Gasteiger partial charge < -0.3 is 10.5 Å². The molecule has 0 amide bonds. The summed E-state index contributed by atoms with van der Waals surface area (Å²) in [5.41, 5.74) is 8.19. The van der Waals surface area contributed by atoms with Crippen LogP contribution in [0, 0.1) is 0 Å². The standard InChI is InChI=1S/C16H19NO/c1-13(17)10-15-8-5-9-16(11-15)18-12-14-6-3-2-4-7-14/h2-9,11,13H,10,12,17H2,1H3. The molecule has 1 atom stereocenters.